The van der Waals surface area contributed by atoms with Crippen LogP contribution >= 0.6 is 0 Å². The van der Waals surface area contributed by atoms with E-state index < -0.39 is 0 Å². The molecule has 0 spiro atoms. The normalized spacial score (nSPS) is 10.3. The van der Waals surface area contributed by atoms with Crippen molar-refractivity contribution in [1.29, 1.82) is 0 Å². The number of ether oxygens (including phenoxy) is 1. The van der Waals surface area contributed by atoms with E-state index in [0.717, 1.165) is 25.0 Å². The van der Waals surface area contributed by atoms with E-state index in [1.165, 1.54) is 16.7 Å². The van der Waals surface area contributed by atoms with E-state index in [9.17, 15) is 4.79 Å². The predicted octanol–water partition coefficient (Wildman–Crippen LogP) is 2.54. The van der Waals surface area contributed by atoms with Gasteiger partial charge in [-0.25, -0.2) is 5.84 Å². The topological polar surface area (TPSA) is 64.3 Å². The lowest BCUT2D eigenvalue weighted by molar-refractivity contribution is -0.121. The van der Waals surface area contributed by atoms with Crippen LogP contribution in [0.4, 0.5) is 0 Å². The van der Waals surface area contributed by atoms with Gasteiger partial charge in [-0.3, -0.25) is 10.2 Å². The Kier molecular flexibility index (Phi) is 6.36. The Morgan fingerprint density at radius 3 is 2.63 bits per heavy atom. The molecule has 0 aliphatic carbocycles. The summed E-state index contributed by atoms with van der Waals surface area (Å²) >= 11 is 0. The minimum Gasteiger partial charge on any atom is -0.493 e. The third-order valence-electron chi connectivity index (χ3n) is 3.23. The van der Waals surface area contributed by atoms with Crippen molar-refractivity contribution in [2.24, 2.45) is 5.84 Å². The molecule has 0 bridgehead atoms. The van der Waals surface area contributed by atoms with Gasteiger partial charge in [0, 0.05) is 6.42 Å². The van der Waals surface area contributed by atoms with Crippen LogP contribution < -0.4 is 16.0 Å². The Morgan fingerprint density at radius 1 is 1.21 bits per heavy atom. The third-order valence-corrected chi connectivity index (χ3v) is 3.23. The van der Waals surface area contributed by atoms with Crippen molar-refractivity contribution < 1.29 is 9.53 Å². The predicted molar refractivity (Wildman–Crippen MR) is 76.9 cm³/mol. The fourth-order valence-electron chi connectivity index (χ4n) is 1.97. The Bertz CT molecular complexity index is 430. The number of nitrogens with one attached hydrogen (secondary N) is 1. The molecule has 0 heterocycles. The Labute approximate surface area is 115 Å². The average molecular weight is 264 g/mol. The first-order valence-corrected chi connectivity index (χ1v) is 6.74. The smallest absolute Gasteiger partial charge is 0.233 e. The maximum absolute atomic E-state index is 10.9. The van der Waals surface area contributed by atoms with E-state index in [0.29, 0.717) is 13.0 Å². The zero-order valence-electron chi connectivity index (χ0n) is 12.1. The van der Waals surface area contributed by atoms with E-state index in [4.69, 9.17) is 10.6 Å². The van der Waals surface area contributed by atoms with Crippen LogP contribution in [0.15, 0.2) is 12.1 Å². The van der Waals surface area contributed by atoms with Gasteiger partial charge in [0.1, 0.15) is 5.75 Å². The second-order valence-electron chi connectivity index (χ2n) is 4.93. The van der Waals surface area contributed by atoms with E-state index >= 15 is 0 Å². The molecule has 1 aromatic rings. The molecule has 0 aliphatic heterocycles. The standard InChI is InChI=1S/C15H24N2O2/c1-11-9-12(2)13(3)14(10-11)19-8-6-4-5-7-15(18)17-16/h9-10H,4-8,16H2,1-3H3,(H,17,18). The zero-order chi connectivity index (χ0) is 14.3. The van der Waals surface area contributed by atoms with Gasteiger partial charge in [0.15, 0.2) is 0 Å². The fraction of sp³-hybridized carbons (Fsp3) is 0.533. The molecule has 0 atom stereocenters. The first-order valence-electron chi connectivity index (χ1n) is 6.74. The highest BCUT2D eigenvalue weighted by Crippen LogP contribution is 2.23. The lowest BCUT2D eigenvalue weighted by Crippen LogP contribution is -2.29. The van der Waals surface area contributed by atoms with Gasteiger partial charge in [-0.15, -0.1) is 0 Å². The molecule has 19 heavy (non-hydrogen) atoms. The number of aryl methyl sites for hydroxylation is 2. The van der Waals surface area contributed by atoms with Crippen molar-refractivity contribution in [3.8, 4) is 5.75 Å². The molecule has 106 valence electrons. The van der Waals surface area contributed by atoms with Crippen LogP contribution in [0.5, 0.6) is 5.75 Å². The number of carbonyl (C=O) groups excluding carboxylic acids is 1. The van der Waals surface area contributed by atoms with Crippen molar-refractivity contribution in [2.45, 2.75) is 46.5 Å². The number of hydrogen-bond donors (Lipinski definition) is 2. The molecule has 0 unspecified atom stereocenters. The monoisotopic (exact) mass is 264 g/mol. The summed E-state index contributed by atoms with van der Waals surface area (Å²) < 4.78 is 5.81. The lowest BCUT2D eigenvalue weighted by atomic mass is 10.1. The summed E-state index contributed by atoms with van der Waals surface area (Å²) in [6.07, 6.45) is 3.25. The van der Waals surface area contributed by atoms with Gasteiger partial charge in [-0.05, 0) is 62.8 Å². The van der Waals surface area contributed by atoms with Gasteiger partial charge >= 0.3 is 0 Å². The number of hydrazine groups is 1. The average Bonchev–Trinajstić information content (AvgIpc) is 2.38. The second-order valence-corrected chi connectivity index (χ2v) is 4.93. The highest BCUT2D eigenvalue weighted by atomic mass is 16.5. The van der Waals surface area contributed by atoms with Crippen LogP contribution in [-0.4, -0.2) is 12.5 Å². The summed E-state index contributed by atoms with van der Waals surface area (Å²) in [4.78, 5) is 10.9. The van der Waals surface area contributed by atoms with Gasteiger partial charge < -0.3 is 4.74 Å². The van der Waals surface area contributed by atoms with Crippen LogP contribution in [0.3, 0.4) is 0 Å². The maximum Gasteiger partial charge on any atom is 0.233 e. The SMILES string of the molecule is Cc1cc(C)c(C)c(OCCCCCC(=O)NN)c1. The van der Waals surface area contributed by atoms with E-state index in [1.54, 1.807) is 0 Å². The molecule has 0 saturated heterocycles. The number of amides is 1. The van der Waals surface area contributed by atoms with Crippen LogP contribution in [0, 0.1) is 20.8 Å². The summed E-state index contributed by atoms with van der Waals surface area (Å²) in [5.41, 5.74) is 5.81. The van der Waals surface area contributed by atoms with Gasteiger partial charge in [0.05, 0.1) is 6.61 Å². The number of unbranched alkanes of at least 4 members (excludes halogenated alkanes) is 2. The molecule has 4 nitrogen and oxygen atoms in total. The molecular weight excluding hydrogens is 240 g/mol. The summed E-state index contributed by atoms with van der Waals surface area (Å²) in [7, 11) is 0. The van der Waals surface area contributed by atoms with Crippen molar-refractivity contribution >= 4 is 5.91 Å². The number of nitrogens with two attached hydrogens (primary N) is 1. The number of rotatable bonds is 7. The second kappa shape index (κ2) is 7.79. The van der Waals surface area contributed by atoms with Crippen LogP contribution in [-0.2, 0) is 4.79 Å². The molecule has 0 radical (unpaired) electrons. The van der Waals surface area contributed by atoms with Crippen molar-refractivity contribution in [1.82, 2.24) is 5.43 Å². The van der Waals surface area contributed by atoms with Crippen LogP contribution in [0.2, 0.25) is 0 Å². The summed E-state index contributed by atoms with van der Waals surface area (Å²) in [5, 5.41) is 0. The number of carbonyl (C=O) groups is 1. The number of benzene rings is 1. The molecular formula is C15H24N2O2. The van der Waals surface area contributed by atoms with E-state index in [1.807, 2.05) is 0 Å². The Hall–Kier alpha value is -1.55. The first kappa shape index (κ1) is 15.5. The van der Waals surface area contributed by atoms with Gasteiger partial charge in [0.2, 0.25) is 5.91 Å². The molecule has 0 saturated carbocycles. The van der Waals surface area contributed by atoms with Crippen LogP contribution in [0.1, 0.15) is 42.4 Å². The molecule has 1 aromatic carbocycles. The third kappa shape index (κ3) is 5.30. The molecule has 1 amide bonds. The molecule has 3 N–H and O–H groups in total. The molecule has 0 aliphatic rings. The quantitative estimate of drug-likeness (QED) is 0.344. The number of hydrogen-bond acceptors (Lipinski definition) is 3. The zero-order valence-corrected chi connectivity index (χ0v) is 12.1. The Balaban J connectivity index is 2.28. The Morgan fingerprint density at radius 2 is 1.95 bits per heavy atom. The van der Waals surface area contributed by atoms with Crippen LogP contribution in [0.25, 0.3) is 0 Å². The molecule has 4 heteroatoms. The summed E-state index contributed by atoms with van der Waals surface area (Å²) in [5.74, 6) is 5.87. The molecule has 0 aromatic heterocycles. The minimum atomic E-state index is -0.105. The highest BCUT2D eigenvalue weighted by molar-refractivity contribution is 5.75. The first-order chi connectivity index (χ1) is 9.04. The van der Waals surface area contributed by atoms with E-state index in [-0.39, 0.29) is 5.91 Å². The minimum absolute atomic E-state index is 0.105. The van der Waals surface area contributed by atoms with Gasteiger partial charge in [-0.2, -0.15) is 0 Å². The molecule has 0 fully saturated rings. The lowest BCUT2D eigenvalue weighted by Gasteiger charge is -2.12. The summed E-state index contributed by atoms with van der Waals surface area (Å²) in [6.45, 7) is 6.94. The highest BCUT2D eigenvalue weighted by Gasteiger charge is 2.04. The van der Waals surface area contributed by atoms with Crippen molar-refractivity contribution in [2.75, 3.05) is 6.61 Å². The van der Waals surface area contributed by atoms with Gasteiger partial charge in [0.25, 0.3) is 0 Å². The maximum atomic E-state index is 10.9. The van der Waals surface area contributed by atoms with Gasteiger partial charge in [-0.1, -0.05) is 6.07 Å². The molecule has 1 rings (SSSR count). The van der Waals surface area contributed by atoms with Crippen molar-refractivity contribution in [3.63, 3.8) is 0 Å². The van der Waals surface area contributed by atoms with Crippen molar-refractivity contribution in [3.05, 3.63) is 28.8 Å². The fourth-order valence-corrected chi connectivity index (χ4v) is 1.97. The van der Waals surface area contributed by atoms with E-state index in [2.05, 4.69) is 38.3 Å². The largest absolute Gasteiger partial charge is 0.493 e. The summed E-state index contributed by atoms with van der Waals surface area (Å²) in [6, 6.07) is 4.23.